The van der Waals surface area contributed by atoms with Gasteiger partial charge in [-0.25, -0.2) is 22.5 Å². The Morgan fingerprint density at radius 2 is 1.81 bits per heavy atom. The Morgan fingerprint density at radius 1 is 1.06 bits per heavy atom. The molecule has 13 heteroatoms. The Kier molecular flexibility index (Phi) is 9.61. The van der Waals surface area contributed by atoms with Crippen LogP contribution in [0.5, 0.6) is 11.6 Å². The fraction of sp³-hybridized carbons (Fsp3) is 0.371. The molecule has 0 radical (unpaired) electrons. The highest BCUT2D eigenvalue weighted by Crippen LogP contribution is 2.31. The molecule has 3 heterocycles. The van der Waals surface area contributed by atoms with Gasteiger partial charge in [0.15, 0.2) is 0 Å². The number of nitrogens with zero attached hydrogens (tertiary/aromatic N) is 4. The third kappa shape index (κ3) is 7.42. The Balaban J connectivity index is 1.43. The number of nitrogens with one attached hydrogen (secondary N) is 1. The molecule has 11 nitrogen and oxygen atoms in total. The summed E-state index contributed by atoms with van der Waals surface area (Å²) in [5.41, 5.74) is 3.20. The number of carbonyl (C=O) groups excluding carboxylic acids is 1. The molecule has 4 aromatic rings. The van der Waals surface area contributed by atoms with E-state index in [2.05, 4.69) is 19.7 Å². The van der Waals surface area contributed by atoms with Gasteiger partial charge in [-0.3, -0.25) is 9.78 Å². The molecule has 1 aliphatic carbocycles. The van der Waals surface area contributed by atoms with Crippen molar-refractivity contribution in [2.75, 3.05) is 17.9 Å². The summed E-state index contributed by atoms with van der Waals surface area (Å²) in [5.74, 6) is -0.980. The van der Waals surface area contributed by atoms with Crippen molar-refractivity contribution in [1.82, 2.24) is 19.9 Å². The lowest BCUT2D eigenvalue weighted by Gasteiger charge is -2.32. The van der Waals surface area contributed by atoms with E-state index in [9.17, 15) is 13.2 Å². The second-order valence-corrected chi connectivity index (χ2v) is 14.0. The summed E-state index contributed by atoms with van der Waals surface area (Å²) in [6, 6.07) is 13.6. The van der Waals surface area contributed by atoms with Crippen LogP contribution < -0.4 is 14.2 Å². The minimum Gasteiger partial charge on any atom is -0.489 e. The molecule has 1 amide bonds. The summed E-state index contributed by atoms with van der Waals surface area (Å²) in [6.45, 7) is 7.27. The number of fused-ring (bicyclic) bond motifs is 4. The Hall–Kier alpha value is -4.62. The highest BCUT2D eigenvalue weighted by atomic mass is 32.2. The smallest absolute Gasteiger partial charge is 0.264 e. The van der Waals surface area contributed by atoms with Crippen LogP contribution in [0.2, 0.25) is 0 Å². The van der Waals surface area contributed by atoms with Crippen LogP contribution in [-0.4, -0.2) is 65.6 Å². The van der Waals surface area contributed by atoms with Gasteiger partial charge in [0.1, 0.15) is 18.2 Å². The fourth-order valence-corrected chi connectivity index (χ4v) is 6.57. The second-order valence-electron chi connectivity index (χ2n) is 12.4. The third-order valence-electron chi connectivity index (χ3n) is 8.37. The van der Waals surface area contributed by atoms with Crippen molar-refractivity contribution in [3.63, 3.8) is 0 Å². The van der Waals surface area contributed by atoms with Crippen molar-refractivity contribution in [3.8, 4) is 22.9 Å². The number of hydrogen-bond acceptors (Lipinski definition) is 9. The van der Waals surface area contributed by atoms with Crippen LogP contribution in [0.1, 0.15) is 60.3 Å². The molecule has 252 valence electrons. The number of aromatic nitrogens is 3. The van der Waals surface area contributed by atoms with Crippen LogP contribution in [-0.2, 0) is 21.3 Å². The van der Waals surface area contributed by atoms with Gasteiger partial charge in [-0.15, -0.1) is 0 Å². The van der Waals surface area contributed by atoms with Crippen LogP contribution in [0.4, 0.5) is 10.3 Å². The number of hydrogen-bond donors (Lipinski definition) is 1. The van der Waals surface area contributed by atoms with Crippen molar-refractivity contribution in [2.24, 2.45) is 0 Å². The first kappa shape index (κ1) is 33.3. The van der Waals surface area contributed by atoms with E-state index >= 15 is 4.39 Å². The normalized spacial score (nSPS) is 17.8. The van der Waals surface area contributed by atoms with E-state index in [0.717, 1.165) is 36.0 Å². The standard InChI is InChI=1S/C35H38FN5O6S/c1-21(2)45-19-25-20-46-32-16-30(33-22(3)8-5-9-23(33)4)38-35(39-32)40-48(43,44)28-13-6-10-24(14-28)34(42)41(25)18-31-29(36)15-27(17-37-31)47-26-11-7-12-26/h5-6,8-10,13-17,21,25-26H,7,11-12,18-20H2,1-4H3,(H,38,39,40)/t25-/m1/s1. The third-order valence-corrected chi connectivity index (χ3v) is 9.70. The van der Waals surface area contributed by atoms with Crippen molar-refractivity contribution in [3.05, 3.63) is 89.0 Å². The van der Waals surface area contributed by atoms with E-state index in [1.807, 2.05) is 45.9 Å². The first-order valence-corrected chi connectivity index (χ1v) is 17.4. The number of pyridine rings is 1. The molecule has 2 aromatic carbocycles. The van der Waals surface area contributed by atoms with Crippen LogP contribution in [0.15, 0.2) is 65.7 Å². The number of carbonyl (C=O) groups is 1. The van der Waals surface area contributed by atoms with Gasteiger partial charge in [0.05, 0.1) is 53.9 Å². The highest BCUT2D eigenvalue weighted by molar-refractivity contribution is 7.92. The molecule has 48 heavy (non-hydrogen) atoms. The lowest BCUT2D eigenvalue weighted by molar-refractivity contribution is 0.00604. The van der Waals surface area contributed by atoms with Gasteiger partial charge in [-0.2, -0.15) is 4.98 Å². The van der Waals surface area contributed by atoms with Crippen LogP contribution in [0.3, 0.4) is 0 Å². The van der Waals surface area contributed by atoms with Crippen LogP contribution in [0.25, 0.3) is 11.3 Å². The Labute approximate surface area is 279 Å². The molecule has 6 rings (SSSR count). The average molecular weight is 676 g/mol. The maximum Gasteiger partial charge on any atom is 0.264 e. The Morgan fingerprint density at radius 3 is 2.50 bits per heavy atom. The molecule has 1 aliphatic heterocycles. The molecule has 1 saturated carbocycles. The minimum atomic E-state index is -4.24. The number of amides is 1. The zero-order valence-electron chi connectivity index (χ0n) is 27.3. The number of aryl methyl sites for hydroxylation is 2. The van der Waals surface area contributed by atoms with E-state index < -0.39 is 27.8 Å². The SMILES string of the molecule is Cc1cccc(C)c1-c1cc2nc(n1)NS(=O)(=O)c1cccc(c1)C(=O)N(Cc1ncc(OC3CCC3)cc1F)[C@H](COC(C)C)CO2. The van der Waals surface area contributed by atoms with Gasteiger partial charge in [0.2, 0.25) is 11.8 Å². The summed E-state index contributed by atoms with van der Waals surface area (Å²) in [7, 11) is -4.24. The lowest BCUT2D eigenvalue weighted by atomic mass is 9.96. The van der Waals surface area contributed by atoms with Crippen LogP contribution in [0, 0.1) is 19.7 Å². The van der Waals surface area contributed by atoms with Crippen LogP contribution >= 0.6 is 0 Å². The maximum absolute atomic E-state index is 15.5. The van der Waals surface area contributed by atoms with E-state index in [-0.39, 0.29) is 59.9 Å². The van der Waals surface area contributed by atoms with E-state index in [4.69, 9.17) is 14.2 Å². The second kappa shape index (κ2) is 13.9. The molecule has 0 saturated heterocycles. The Bertz CT molecular complexity index is 1910. The molecule has 1 atom stereocenters. The van der Waals surface area contributed by atoms with E-state index in [1.165, 1.54) is 41.4 Å². The molecule has 0 spiro atoms. The first-order valence-electron chi connectivity index (χ1n) is 15.9. The number of halogens is 1. The quantitative estimate of drug-likeness (QED) is 0.244. The zero-order valence-corrected chi connectivity index (χ0v) is 28.1. The van der Waals surface area contributed by atoms with Gasteiger partial charge >= 0.3 is 0 Å². The molecular weight excluding hydrogens is 637 g/mol. The van der Waals surface area contributed by atoms with Crippen molar-refractivity contribution < 1.29 is 31.8 Å². The summed E-state index contributed by atoms with van der Waals surface area (Å²) in [5, 5.41) is 0. The minimum absolute atomic E-state index is 0.00949. The summed E-state index contributed by atoms with van der Waals surface area (Å²) in [4.78, 5) is 28.7. The predicted octanol–water partition coefficient (Wildman–Crippen LogP) is 5.86. The highest BCUT2D eigenvalue weighted by Gasteiger charge is 2.31. The number of rotatable bonds is 8. The van der Waals surface area contributed by atoms with E-state index in [1.54, 1.807) is 6.07 Å². The maximum atomic E-state index is 15.5. The molecular formula is C35H38FN5O6S. The summed E-state index contributed by atoms with van der Waals surface area (Å²) in [6.07, 6.45) is 4.19. The van der Waals surface area contributed by atoms with Crippen molar-refractivity contribution in [1.29, 1.82) is 0 Å². The van der Waals surface area contributed by atoms with Gasteiger partial charge in [-0.1, -0.05) is 24.3 Å². The number of anilines is 1. The van der Waals surface area contributed by atoms with Gasteiger partial charge < -0.3 is 19.1 Å². The van der Waals surface area contributed by atoms with Crippen molar-refractivity contribution in [2.45, 2.75) is 76.6 Å². The van der Waals surface area contributed by atoms with E-state index in [0.29, 0.717) is 11.4 Å². The monoisotopic (exact) mass is 675 g/mol. The van der Waals surface area contributed by atoms with Crippen molar-refractivity contribution >= 4 is 21.9 Å². The number of ether oxygens (including phenoxy) is 3. The molecule has 2 aromatic heterocycles. The largest absolute Gasteiger partial charge is 0.489 e. The summed E-state index contributed by atoms with van der Waals surface area (Å²) < 4.78 is 63.2. The lowest BCUT2D eigenvalue weighted by Crippen LogP contribution is -2.46. The molecule has 1 N–H and O–H groups in total. The number of sulfonamides is 1. The zero-order chi connectivity index (χ0) is 34.0. The average Bonchev–Trinajstić information content (AvgIpc) is 3.02. The molecule has 2 aliphatic rings. The van der Waals surface area contributed by atoms with Gasteiger partial charge in [0.25, 0.3) is 15.9 Å². The number of benzene rings is 2. The first-order chi connectivity index (χ1) is 23.0. The van der Waals surface area contributed by atoms with Gasteiger partial charge in [-0.05, 0) is 76.3 Å². The summed E-state index contributed by atoms with van der Waals surface area (Å²) >= 11 is 0. The predicted molar refractivity (Wildman–Crippen MR) is 177 cm³/mol. The molecule has 1 fully saturated rings. The molecule has 0 unspecified atom stereocenters. The fourth-order valence-electron chi connectivity index (χ4n) is 5.58. The van der Waals surface area contributed by atoms with Gasteiger partial charge in [0, 0.05) is 23.3 Å². The topological polar surface area (TPSA) is 133 Å². The molecule has 4 bridgehead atoms.